The molecule has 0 spiro atoms. The van der Waals surface area contributed by atoms with Crippen LogP contribution < -0.4 is 5.32 Å². The SMILES string of the molecule is CCCCN1CCC[C@H]1c1cccnc1Nc1ccccc1. The van der Waals surface area contributed by atoms with Crippen molar-refractivity contribution in [2.45, 2.75) is 38.6 Å². The van der Waals surface area contributed by atoms with Gasteiger partial charge < -0.3 is 5.32 Å². The number of pyridine rings is 1. The minimum absolute atomic E-state index is 0.506. The highest BCUT2D eigenvalue weighted by Crippen LogP contribution is 2.35. The largest absolute Gasteiger partial charge is 0.340 e. The number of unbranched alkanes of at least 4 members (excludes halogenated alkanes) is 1. The van der Waals surface area contributed by atoms with Crippen LogP contribution in [0.5, 0.6) is 0 Å². The molecule has 0 bridgehead atoms. The standard InChI is InChI=1S/C19H25N3/c1-2-3-14-22-15-8-12-18(22)17-11-7-13-20-19(17)21-16-9-5-4-6-10-16/h4-7,9-11,13,18H,2-3,8,12,14-15H2,1H3,(H,20,21)/t18-/m0/s1. The van der Waals surface area contributed by atoms with Gasteiger partial charge in [0.15, 0.2) is 0 Å². The number of aromatic nitrogens is 1. The summed E-state index contributed by atoms with van der Waals surface area (Å²) in [6.45, 7) is 4.67. The second-order valence-electron chi connectivity index (χ2n) is 5.98. The summed E-state index contributed by atoms with van der Waals surface area (Å²) in [5.74, 6) is 1.00. The van der Waals surface area contributed by atoms with Crippen molar-refractivity contribution in [3.8, 4) is 0 Å². The lowest BCUT2D eigenvalue weighted by Crippen LogP contribution is -2.25. The van der Waals surface area contributed by atoms with Crippen molar-refractivity contribution in [2.75, 3.05) is 18.4 Å². The number of para-hydroxylation sites is 1. The fourth-order valence-electron chi connectivity index (χ4n) is 3.26. The summed E-state index contributed by atoms with van der Waals surface area (Å²) in [5.41, 5.74) is 2.43. The Hall–Kier alpha value is -1.87. The number of rotatable bonds is 6. The van der Waals surface area contributed by atoms with Crippen LogP contribution in [0.2, 0.25) is 0 Å². The average Bonchev–Trinajstić information content (AvgIpc) is 3.03. The summed E-state index contributed by atoms with van der Waals surface area (Å²) in [6, 6.07) is 15.1. The van der Waals surface area contributed by atoms with Gasteiger partial charge in [-0.25, -0.2) is 4.98 Å². The Morgan fingerprint density at radius 2 is 2.05 bits per heavy atom. The quantitative estimate of drug-likeness (QED) is 0.832. The second kappa shape index (κ2) is 7.41. The van der Waals surface area contributed by atoms with Gasteiger partial charge in [0, 0.05) is 23.5 Å². The molecule has 1 fully saturated rings. The number of anilines is 2. The number of nitrogens with one attached hydrogen (secondary N) is 1. The smallest absolute Gasteiger partial charge is 0.135 e. The Labute approximate surface area is 133 Å². The molecular weight excluding hydrogens is 270 g/mol. The van der Waals surface area contributed by atoms with E-state index in [0.717, 1.165) is 11.5 Å². The maximum absolute atomic E-state index is 4.60. The van der Waals surface area contributed by atoms with E-state index in [-0.39, 0.29) is 0 Å². The molecule has 1 aliphatic rings. The number of benzene rings is 1. The lowest BCUT2D eigenvalue weighted by atomic mass is 10.0. The molecule has 0 unspecified atom stereocenters. The van der Waals surface area contributed by atoms with Crippen molar-refractivity contribution in [1.29, 1.82) is 0 Å². The van der Waals surface area contributed by atoms with Gasteiger partial charge in [0.1, 0.15) is 5.82 Å². The maximum Gasteiger partial charge on any atom is 0.135 e. The molecule has 0 radical (unpaired) electrons. The zero-order valence-electron chi connectivity index (χ0n) is 13.3. The minimum atomic E-state index is 0.506. The number of nitrogens with zero attached hydrogens (tertiary/aromatic N) is 2. The zero-order valence-corrected chi connectivity index (χ0v) is 13.3. The first-order valence-corrected chi connectivity index (χ1v) is 8.39. The summed E-state index contributed by atoms with van der Waals surface area (Å²) < 4.78 is 0. The summed E-state index contributed by atoms with van der Waals surface area (Å²) >= 11 is 0. The van der Waals surface area contributed by atoms with Crippen LogP contribution in [0.1, 0.15) is 44.2 Å². The van der Waals surface area contributed by atoms with Gasteiger partial charge in [-0.15, -0.1) is 0 Å². The van der Waals surface area contributed by atoms with Crippen molar-refractivity contribution in [3.63, 3.8) is 0 Å². The van der Waals surface area contributed by atoms with Gasteiger partial charge in [0.25, 0.3) is 0 Å². The summed E-state index contributed by atoms with van der Waals surface area (Å²) in [6.07, 6.45) is 6.93. The van der Waals surface area contributed by atoms with Crippen LogP contribution in [0.3, 0.4) is 0 Å². The van der Waals surface area contributed by atoms with E-state index in [1.807, 2.05) is 24.4 Å². The van der Waals surface area contributed by atoms with E-state index in [2.05, 4.69) is 46.4 Å². The Kier molecular flexibility index (Phi) is 5.07. The molecule has 0 saturated carbocycles. The van der Waals surface area contributed by atoms with Crippen molar-refractivity contribution in [1.82, 2.24) is 9.88 Å². The fourth-order valence-corrected chi connectivity index (χ4v) is 3.26. The molecule has 2 heterocycles. The van der Waals surface area contributed by atoms with Gasteiger partial charge in [-0.2, -0.15) is 0 Å². The van der Waals surface area contributed by atoms with Gasteiger partial charge in [0.2, 0.25) is 0 Å². The Morgan fingerprint density at radius 1 is 1.18 bits per heavy atom. The molecule has 1 aromatic carbocycles. The van der Waals surface area contributed by atoms with Gasteiger partial charge in [0.05, 0.1) is 0 Å². The lowest BCUT2D eigenvalue weighted by molar-refractivity contribution is 0.253. The number of hydrogen-bond acceptors (Lipinski definition) is 3. The van der Waals surface area contributed by atoms with Crippen LogP contribution in [0, 0.1) is 0 Å². The van der Waals surface area contributed by atoms with Crippen LogP contribution >= 0.6 is 0 Å². The van der Waals surface area contributed by atoms with E-state index in [0.29, 0.717) is 6.04 Å². The predicted molar refractivity (Wildman–Crippen MR) is 92.4 cm³/mol. The van der Waals surface area contributed by atoms with Crippen LogP contribution in [0.25, 0.3) is 0 Å². The third kappa shape index (κ3) is 3.47. The van der Waals surface area contributed by atoms with E-state index >= 15 is 0 Å². The van der Waals surface area contributed by atoms with Gasteiger partial charge in [-0.3, -0.25) is 4.90 Å². The van der Waals surface area contributed by atoms with E-state index in [1.165, 1.54) is 44.3 Å². The van der Waals surface area contributed by atoms with Gasteiger partial charge in [-0.05, 0) is 50.6 Å². The molecule has 3 nitrogen and oxygen atoms in total. The molecule has 1 atom stereocenters. The monoisotopic (exact) mass is 295 g/mol. The molecule has 3 rings (SSSR count). The number of likely N-dealkylation sites (tertiary alicyclic amines) is 1. The van der Waals surface area contributed by atoms with Gasteiger partial charge >= 0.3 is 0 Å². The summed E-state index contributed by atoms with van der Waals surface area (Å²) in [4.78, 5) is 7.22. The highest BCUT2D eigenvalue weighted by atomic mass is 15.2. The maximum atomic E-state index is 4.60. The van der Waals surface area contributed by atoms with E-state index < -0.39 is 0 Å². The first-order valence-electron chi connectivity index (χ1n) is 8.39. The Balaban J connectivity index is 1.81. The van der Waals surface area contributed by atoms with Gasteiger partial charge in [-0.1, -0.05) is 37.6 Å². The first-order chi connectivity index (χ1) is 10.9. The average molecular weight is 295 g/mol. The normalized spacial score (nSPS) is 18.5. The van der Waals surface area contributed by atoms with E-state index in [4.69, 9.17) is 0 Å². The summed E-state index contributed by atoms with van der Waals surface area (Å²) in [5, 5.41) is 3.49. The first kappa shape index (κ1) is 15.0. The number of hydrogen-bond donors (Lipinski definition) is 1. The molecule has 2 aromatic rings. The fraction of sp³-hybridized carbons (Fsp3) is 0.421. The van der Waals surface area contributed by atoms with Crippen molar-refractivity contribution >= 4 is 11.5 Å². The highest BCUT2D eigenvalue weighted by Gasteiger charge is 2.27. The Bertz CT molecular complexity index is 582. The third-order valence-electron chi connectivity index (χ3n) is 4.40. The topological polar surface area (TPSA) is 28.2 Å². The molecular formula is C19H25N3. The molecule has 1 N–H and O–H groups in total. The van der Waals surface area contributed by atoms with Crippen LogP contribution in [-0.4, -0.2) is 23.0 Å². The molecule has 22 heavy (non-hydrogen) atoms. The zero-order chi connectivity index (χ0) is 15.2. The summed E-state index contributed by atoms with van der Waals surface area (Å²) in [7, 11) is 0. The molecule has 1 saturated heterocycles. The molecule has 116 valence electrons. The minimum Gasteiger partial charge on any atom is -0.340 e. The third-order valence-corrected chi connectivity index (χ3v) is 4.40. The van der Waals surface area contributed by atoms with Crippen LogP contribution in [0.15, 0.2) is 48.7 Å². The molecule has 1 aromatic heterocycles. The molecule has 3 heteroatoms. The Morgan fingerprint density at radius 3 is 2.86 bits per heavy atom. The van der Waals surface area contributed by atoms with Crippen LogP contribution in [-0.2, 0) is 0 Å². The van der Waals surface area contributed by atoms with Crippen molar-refractivity contribution < 1.29 is 0 Å². The molecule has 0 amide bonds. The van der Waals surface area contributed by atoms with Crippen molar-refractivity contribution in [3.05, 3.63) is 54.2 Å². The highest BCUT2D eigenvalue weighted by molar-refractivity contribution is 5.59. The molecule has 1 aliphatic heterocycles. The lowest BCUT2D eigenvalue weighted by Gasteiger charge is -2.26. The van der Waals surface area contributed by atoms with Crippen LogP contribution in [0.4, 0.5) is 11.5 Å². The molecule has 0 aliphatic carbocycles. The second-order valence-corrected chi connectivity index (χ2v) is 5.98. The predicted octanol–water partition coefficient (Wildman–Crippen LogP) is 4.76. The van der Waals surface area contributed by atoms with E-state index in [9.17, 15) is 0 Å². The van der Waals surface area contributed by atoms with Crippen molar-refractivity contribution in [2.24, 2.45) is 0 Å². The van der Waals surface area contributed by atoms with E-state index in [1.54, 1.807) is 0 Å².